The Balaban J connectivity index is 0.000000393. The second kappa shape index (κ2) is 13.1. The highest BCUT2D eigenvalue weighted by Crippen LogP contribution is 2.35. The number of carbonyl (C=O) groups is 2. The summed E-state index contributed by atoms with van der Waals surface area (Å²) in [7, 11) is 1.00. The number of aliphatic hydroxyl groups is 1. The molecule has 0 spiro atoms. The van der Waals surface area contributed by atoms with Gasteiger partial charge in [0.1, 0.15) is 23.7 Å². The third-order valence-corrected chi connectivity index (χ3v) is 6.70. The molecule has 0 unspecified atom stereocenters. The van der Waals surface area contributed by atoms with Gasteiger partial charge in [0.25, 0.3) is 0 Å². The molecule has 4 aromatic carbocycles. The van der Waals surface area contributed by atoms with Crippen LogP contribution in [0.1, 0.15) is 24.0 Å². The van der Waals surface area contributed by atoms with E-state index in [4.69, 9.17) is 21.1 Å². The van der Waals surface area contributed by atoms with Crippen molar-refractivity contribution in [1.29, 1.82) is 0 Å². The number of carbonyl (C=O) groups excluding carboxylic acids is 2. The van der Waals surface area contributed by atoms with Crippen LogP contribution in [0, 0.1) is 6.92 Å². The van der Waals surface area contributed by atoms with Crippen molar-refractivity contribution < 1.29 is 19.1 Å². The van der Waals surface area contributed by atoms with Gasteiger partial charge >= 0.3 is 0 Å². The molecule has 0 atom stereocenters. The summed E-state index contributed by atoms with van der Waals surface area (Å²) in [5, 5.41) is 11.3. The van der Waals surface area contributed by atoms with Crippen molar-refractivity contribution >= 4 is 57.0 Å². The van der Waals surface area contributed by atoms with Crippen LogP contribution in [-0.2, 0) is 16.1 Å². The largest absolute Gasteiger partial charge is 0.455 e. The fourth-order valence-electron chi connectivity index (χ4n) is 4.68. The molecule has 0 aliphatic carbocycles. The monoisotopic (exact) mass is 539 g/mol. The predicted molar refractivity (Wildman–Crippen MR) is 159 cm³/mol. The van der Waals surface area contributed by atoms with Gasteiger partial charge in [-0.1, -0.05) is 72.3 Å². The second-order valence-corrected chi connectivity index (χ2v) is 9.43. The number of hydrogen-bond acceptors (Lipinski definition) is 4. The standard InChI is InChI=1S/C28H20ClNO.C4H6O2.CH4O/c1-18-16-30(26-14-13-21(29)15-25(18)26)17-19-9-11-20(12-10-19)22-6-4-7-24-23-5-2-3-8-27(23)31-28(22)24;5-3-1-2-4-6;1-2/h2-16H,17H2,1H3;3-4H,1-2H2;2H,1H3. The Morgan fingerprint density at radius 3 is 2.23 bits per heavy atom. The van der Waals surface area contributed by atoms with Crippen LogP contribution in [0.25, 0.3) is 44.0 Å². The van der Waals surface area contributed by atoms with E-state index in [1.54, 1.807) is 0 Å². The molecule has 39 heavy (non-hydrogen) atoms. The van der Waals surface area contributed by atoms with E-state index in [1.165, 1.54) is 22.0 Å². The second-order valence-electron chi connectivity index (χ2n) is 8.99. The third kappa shape index (κ3) is 6.11. The molecule has 0 saturated carbocycles. The van der Waals surface area contributed by atoms with E-state index in [2.05, 4.69) is 78.4 Å². The van der Waals surface area contributed by atoms with Crippen molar-refractivity contribution in [3.05, 3.63) is 107 Å². The zero-order valence-electron chi connectivity index (χ0n) is 21.9. The summed E-state index contributed by atoms with van der Waals surface area (Å²) in [6, 6.07) is 29.5. The summed E-state index contributed by atoms with van der Waals surface area (Å²) in [4.78, 5) is 18.8. The molecule has 2 heterocycles. The van der Waals surface area contributed by atoms with Crippen molar-refractivity contribution in [1.82, 2.24) is 4.57 Å². The van der Waals surface area contributed by atoms with Crippen molar-refractivity contribution in [2.75, 3.05) is 7.11 Å². The Hall–Kier alpha value is -4.19. The number of fused-ring (bicyclic) bond motifs is 4. The van der Waals surface area contributed by atoms with Gasteiger partial charge in [0, 0.05) is 65.0 Å². The summed E-state index contributed by atoms with van der Waals surface area (Å²) >= 11 is 6.19. The smallest absolute Gasteiger partial charge is 0.143 e. The predicted octanol–water partition coefficient (Wildman–Crippen LogP) is 7.99. The lowest BCUT2D eigenvalue weighted by molar-refractivity contribution is -0.112. The molecular formula is C33H30ClNO4. The van der Waals surface area contributed by atoms with Crippen LogP contribution in [0.3, 0.4) is 0 Å². The average Bonchev–Trinajstić information content (AvgIpc) is 3.50. The van der Waals surface area contributed by atoms with Gasteiger partial charge in [-0.2, -0.15) is 0 Å². The Morgan fingerprint density at radius 2 is 1.51 bits per heavy atom. The molecule has 0 fully saturated rings. The number of rotatable bonds is 6. The van der Waals surface area contributed by atoms with Gasteiger partial charge in [-0.3, -0.25) is 0 Å². The summed E-state index contributed by atoms with van der Waals surface area (Å²) in [5.41, 5.74) is 7.86. The normalized spacial score (nSPS) is 10.6. The zero-order valence-corrected chi connectivity index (χ0v) is 22.7. The Morgan fingerprint density at radius 1 is 0.821 bits per heavy atom. The van der Waals surface area contributed by atoms with Crippen molar-refractivity contribution in [2.45, 2.75) is 26.3 Å². The molecule has 6 rings (SSSR count). The van der Waals surface area contributed by atoms with Crippen LogP contribution in [0.15, 0.2) is 95.5 Å². The number of furan rings is 1. The lowest BCUT2D eigenvalue weighted by Crippen LogP contribution is -1.97. The minimum Gasteiger partial charge on any atom is -0.455 e. The first-order chi connectivity index (χ1) is 19.1. The lowest BCUT2D eigenvalue weighted by atomic mass is 10.0. The van der Waals surface area contributed by atoms with E-state index < -0.39 is 0 Å². The summed E-state index contributed by atoms with van der Waals surface area (Å²) in [6.45, 7) is 2.95. The zero-order chi connectivity index (χ0) is 27.8. The number of para-hydroxylation sites is 2. The molecule has 0 aliphatic rings. The molecule has 198 valence electrons. The van der Waals surface area contributed by atoms with Gasteiger partial charge < -0.3 is 23.7 Å². The molecule has 0 bridgehead atoms. The Bertz CT molecular complexity index is 1710. The summed E-state index contributed by atoms with van der Waals surface area (Å²) in [6.07, 6.45) is 4.39. The van der Waals surface area contributed by atoms with Gasteiger partial charge in [-0.25, -0.2) is 0 Å². The molecular weight excluding hydrogens is 510 g/mol. The van der Waals surface area contributed by atoms with Crippen molar-refractivity contribution in [3.8, 4) is 11.1 Å². The SMILES string of the molecule is CO.Cc1cn(Cc2ccc(-c3cccc4c3oc3ccccc34)cc2)c2ccc(Cl)cc12.O=CCCC=O. The molecule has 0 radical (unpaired) electrons. The number of hydrogen-bond donors (Lipinski definition) is 1. The first-order valence-corrected chi connectivity index (χ1v) is 13.0. The minimum atomic E-state index is 0.365. The van der Waals surface area contributed by atoms with Crippen LogP contribution in [-0.4, -0.2) is 29.4 Å². The van der Waals surface area contributed by atoms with Crippen LogP contribution in [0.5, 0.6) is 0 Å². The molecule has 1 N–H and O–H groups in total. The van der Waals surface area contributed by atoms with E-state index >= 15 is 0 Å². The van der Waals surface area contributed by atoms with Gasteiger partial charge in [-0.05, 0) is 47.9 Å². The number of aldehydes is 2. The Kier molecular flexibility index (Phi) is 9.31. The van der Waals surface area contributed by atoms with Gasteiger partial charge in [-0.15, -0.1) is 0 Å². The molecule has 2 aromatic heterocycles. The maximum Gasteiger partial charge on any atom is 0.143 e. The number of benzene rings is 4. The lowest BCUT2D eigenvalue weighted by Gasteiger charge is -2.08. The summed E-state index contributed by atoms with van der Waals surface area (Å²) in [5.74, 6) is 0. The molecule has 0 aliphatic heterocycles. The molecule has 0 amide bonds. The number of unbranched alkanes of at least 4 members (excludes halogenated alkanes) is 1. The first-order valence-electron chi connectivity index (χ1n) is 12.7. The quantitative estimate of drug-likeness (QED) is 0.172. The maximum atomic E-state index is 9.40. The van der Waals surface area contributed by atoms with Crippen molar-refractivity contribution in [3.63, 3.8) is 0 Å². The van der Waals surface area contributed by atoms with Gasteiger partial charge in [0.05, 0.1) is 0 Å². The van der Waals surface area contributed by atoms with Crippen LogP contribution < -0.4 is 0 Å². The van der Waals surface area contributed by atoms with E-state index in [-0.39, 0.29) is 0 Å². The van der Waals surface area contributed by atoms with Gasteiger partial charge in [0.15, 0.2) is 0 Å². The average molecular weight is 540 g/mol. The highest BCUT2D eigenvalue weighted by molar-refractivity contribution is 6.31. The first kappa shape index (κ1) is 27.8. The molecule has 0 saturated heterocycles. The number of aliphatic hydroxyl groups excluding tert-OH is 1. The topological polar surface area (TPSA) is 72.4 Å². The van der Waals surface area contributed by atoms with Crippen LogP contribution >= 0.6 is 11.6 Å². The third-order valence-electron chi connectivity index (χ3n) is 6.47. The van der Waals surface area contributed by atoms with Crippen LogP contribution in [0.4, 0.5) is 0 Å². The molecule has 5 nitrogen and oxygen atoms in total. The number of aromatic nitrogens is 1. The Labute approximate surface area is 232 Å². The van der Waals surface area contributed by atoms with Crippen LogP contribution in [0.2, 0.25) is 5.02 Å². The number of aryl methyl sites for hydroxylation is 1. The van der Waals surface area contributed by atoms with E-state index in [9.17, 15) is 9.59 Å². The number of halogens is 1. The van der Waals surface area contributed by atoms with E-state index in [1.807, 2.05) is 24.3 Å². The van der Waals surface area contributed by atoms with Gasteiger partial charge in [0.2, 0.25) is 0 Å². The summed E-state index contributed by atoms with van der Waals surface area (Å²) < 4.78 is 8.50. The fraction of sp³-hybridized carbons (Fsp3) is 0.152. The molecule has 6 heteroatoms. The minimum absolute atomic E-state index is 0.365. The fourth-order valence-corrected chi connectivity index (χ4v) is 4.85. The van der Waals surface area contributed by atoms with E-state index in [0.717, 1.165) is 64.3 Å². The van der Waals surface area contributed by atoms with E-state index in [0.29, 0.717) is 12.8 Å². The highest BCUT2D eigenvalue weighted by atomic mass is 35.5. The van der Waals surface area contributed by atoms with Crippen molar-refractivity contribution in [2.24, 2.45) is 0 Å². The molecule has 6 aromatic rings. The number of nitrogens with zero attached hydrogens (tertiary/aromatic N) is 1. The maximum absolute atomic E-state index is 9.40. The highest BCUT2D eigenvalue weighted by Gasteiger charge is 2.12.